The highest BCUT2D eigenvalue weighted by Crippen LogP contribution is 2.19. The number of rotatable bonds is 6. The Morgan fingerprint density at radius 1 is 1.10 bits per heavy atom. The number of carbonyl (C=O) groups excluding carboxylic acids is 1. The molecule has 2 aromatic rings. The van der Waals surface area contributed by atoms with E-state index in [1.807, 2.05) is 4.90 Å². The second kappa shape index (κ2) is 9.34. The fourth-order valence-corrected chi connectivity index (χ4v) is 4.68. The molecule has 29 heavy (non-hydrogen) atoms. The maximum absolute atomic E-state index is 13.1. The number of hydrogen-bond acceptors (Lipinski definition) is 5. The lowest BCUT2D eigenvalue weighted by Gasteiger charge is -2.21. The van der Waals surface area contributed by atoms with Gasteiger partial charge in [-0.25, -0.2) is 12.8 Å². The van der Waals surface area contributed by atoms with Gasteiger partial charge in [0.15, 0.2) is 0 Å². The number of benzene rings is 2. The molecule has 0 unspecified atom stereocenters. The summed E-state index contributed by atoms with van der Waals surface area (Å²) in [6.45, 7) is 1.84. The number of methoxy groups -OCH3 is 1. The van der Waals surface area contributed by atoms with Crippen molar-refractivity contribution in [1.29, 1.82) is 0 Å². The maximum atomic E-state index is 13.1. The van der Waals surface area contributed by atoms with Crippen LogP contribution in [0.15, 0.2) is 53.4 Å². The van der Waals surface area contributed by atoms with Crippen molar-refractivity contribution < 1.29 is 22.3 Å². The van der Waals surface area contributed by atoms with Crippen molar-refractivity contribution in [2.24, 2.45) is 0 Å². The molecule has 0 bridgehead atoms. The van der Waals surface area contributed by atoms with Crippen LogP contribution in [0.4, 0.5) is 10.1 Å². The zero-order valence-corrected chi connectivity index (χ0v) is 17.0. The smallest absolute Gasteiger partial charge is 0.243 e. The van der Waals surface area contributed by atoms with Crippen molar-refractivity contribution in [3.63, 3.8) is 0 Å². The Bertz CT molecular complexity index is 950. The van der Waals surface area contributed by atoms with Gasteiger partial charge in [0.1, 0.15) is 11.6 Å². The average Bonchev–Trinajstić information content (AvgIpc) is 2.94. The Kier molecular flexibility index (Phi) is 6.83. The monoisotopic (exact) mass is 421 g/mol. The summed E-state index contributed by atoms with van der Waals surface area (Å²) in [5.41, 5.74) is 0.643. The Morgan fingerprint density at radius 2 is 1.86 bits per heavy atom. The van der Waals surface area contributed by atoms with Crippen LogP contribution >= 0.6 is 0 Å². The third-order valence-electron chi connectivity index (χ3n) is 4.72. The van der Waals surface area contributed by atoms with Gasteiger partial charge < -0.3 is 10.1 Å². The normalized spacial score (nSPS) is 16.2. The van der Waals surface area contributed by atoms with Gasteiger partial charge in [-0.2, -0.15) is 4.31 Å². The first-order valence-corrected chi connectivity index (χ1v) is 10.7. The van der Waals surface area contributed by atoms with Gasteiger partial charge in [0.05, 0.1) is 18.6 Å². The highest BCUT2D eigenvalue weighted by molar-refractivity contribution is 7.89. The molecule has 1 N–H and O–H groups in total. The minimum Gasteiger partial charge on any atom is -0.497 e. The van der Waals surface area contributed by atoms with E-state index in [1.165, 1.54) is 16.4 Å². The number of nitrogens with one attached hydrogen (secondary N) is 1. The lowest BCUT2D eigenvalue weighted by atomic mass is 10.3. The van der Waals surface area contributed by atoms with E-state index in [4.69, 9.17) is 4.74 Å². The van der Waals surface area contributed by atoms with Gasteiger partial charge in [0.2, 0.25) is 15.9 Å². The van der Waals surface area contributed by atoms with Crippen LogP contribution in [0.5, 0.6) is 5.75 Å². The molecule has 2 aromatic carbocycles. The van der Waals surface area contributed by atoms with Crippen LogP contribution in [0.3, 0.4) is 0 Å². The van der Waals surface area contributed by atoms with Gasteiger partial charge in [-0.3, -0.25) is 9.69 Å². The van der Waals surface area contributed by atoms with Crippen LogP contribution in [-0.4, -0.2) is 63.4 Å². The van der Waals surface area contributed by atoms with Crippen LogP contribution in [0.1, 0.15) is 6.42 Å². The molecule has 156 valence electrons. The fraction of sp³-hybridized carbons (Fsp3) is 0.350. The summed E-state index contributed by atoms with van der Waals surface area (Å²) >= 11 is 0. The largest absolute Gasteiger partial charge is 0.497 e. The summed E-state index contributed by atoms with van der Waals surface area (Å²) in [6.07, 6.45) is 0.604. The molecule has 0 radical (unpaired) electrons. The molecule has 0 aromatic heterocycles. The zero-order valence-electron chi connectivity index (χ0n) is 16.2. The number of nitrogens with zero attached hydrogens (tertiary/aromatic N) is 2. The zero-order chi connectivity index (χ0) is 20.9. The molecule has 0 atom stereocenters. The fourth-order valence-electron chi connectivity index (χ4n) is 3.21. The topological polar surface area (TPSA) is 79.0 Å². The van der Waals surface area contributed by atoms with Gasteiger partial charge >= 0.3 is 0 Å². The first-order chi connectivity index (χ1) is 13.9. The molecule has 0 saturated carbocycles. The van der Waals surface area contributed by atoms with Crippen LogP contribution in [0.2, 0.25) is 0 Å². The molecule has 0 aliphatic carbocycles. The van der Waals surface area contributed by atoms with Gasteiger partial charge in [0.25, 0.3) is 0 Å². The molecule has 9 heteroatoms. The molecule has 1 aliphatic heterocycles. The van der Waals surface area contributed by atoms with Crippen molar-refractivity contribution in [3.05, 3.63) is 54.3 Å². The van der Waals surface area contributed by atoms with Gasteiger partial charge in [0, 0.05) is 31.4 Å². The van der Waals surface area contributed by atoms with Crippen LogP contribution in [-0.2, 0) is 14.8 Å². The lowest BCUT2D eigenvalue weighted by molar-refractivity contribution is -0.117. The number of halogens is 1. The van der Waals surface area contributed by atoms with Crippen molar-refractivity contribution in [3.8, 4) is 5.75 Å². The van der Waals surface area contributed by atoms with E-state index in [0.717, 1.165) is 12.1 Å². The summed E-state index contributed by atoms with van der Waals surface area (Å²) in [7, 11) is -2.13. The number of anilines is 1. The van der Waals surface area contributed by atoms with E-state index in [0.29, 0.717) is 37.5 Å². The van der Waals surface area contributed by atoms with Gasteiger partial charge in [-0.15, -0.1) is 0 Å². The Balaban J connectivity index is 1.58. The summed E-state index contributed by atoms with van der Waals surface area (Å²) in [4.78, 5) is 14.4. The summed E-state index contributed by atoms with van der Waals surface area (Å²) < 4.78 is 45.2. The van der Waals surface area contributed by atoms with E-state index in [-0.39, 0.29) is 23.9 Å². The number of ether oxygens (including phenoxy) is 1. The van der Waals surface area contributed by atoms with Crippen LogP contribution in [0, 0.1) is 5.82 Å². The lowest BCUT2D eigenvalue weighted by Crippen LogP contribution is -2.38. The Hall–Kier alpha value is -2.49. The molecule has 1 saturated heterocycles. The van der Waals surface area contributed by atoms with Gasteiger partial charge in [-0.05, 0) is 49.4 Å². The molecular formula is C20H24FN3O4S. The SMILES string of the molecule is COc1cccc(NC(=O)CN2CCCN(S(=O)(=O)c3ccc(F)cc3)CC2)c1. The Labute approximate surface area is 170 Å². The summed E-state index contributed by atoms with van der Waals surface area (Å²) in [5, 5.41) is 2.83. The molecule has 1 heterocycles. The van der Waals surface area contributed by atoms with Gasteiger partial charge in [-0.1, -0.05) is 6.07 Å². The summed E-state index contributed by atoms with van der Waals surface area (Å²) in [6, 6.07) is 11.9. The van der Waals surface area contributed by atoms with E-state index >= 15 is 0 Å². The first-order valence-electron chi connectivity index (χ1n) is 9.30. The van der Waals surface area contributed by atoms with Crippen LogP contribution < -0.4 is 10.1 Å². The number of carbonyl (C=O) groups is 1. The predicted octanol–water partition coefficient (Wildman–Crippen LogP) is 2.17. The van der Waals surface area contributed by atoms with E-state index in [9.17, 15) is 17.6 Å². The van der Waals surface area contributed by atoms with E-state index < -0.39 is 15.8 Å². The maximum Gasteiger partial charge on any atom is 0.243 e. The molecule has 3 rings (SSSR count). The Morgan fingerprint density at radius 3 is 2.59 bits per heavy atom. The van der Waals surface area contributed by atoms with E-state index in [1.54, 1.807) is 31.4 Å². The van der Waals surface area contributed by atoms with Crippen molar-refractivity contribution in [2.45, 2.75) is 11.3 Å². The highest BCUT2D eigenvalue weighted by Gasteiger charge is 2.27. The molecule has 0 spiro atoms. The average molecular weight is 421 g/mol. The highest BCUT2D eigenvalue weighted by atomic mass is 32.2. The minimum atomic E-state index is -3.68. The summed E-state index contributed by atoms with van der Waals surface area (Å²) in [5.74, 6) is 0.000323. The second-order valence-corrected chi connectivity index (χ2v) is 8.71. The second-order valence-electron chi connectivity index (χ2n) is 6.77. The molecule has 1 amide bonds. The first kappa shape index (κ1) is 21.2. The number of amides is 1. The van der Waals surface area contributed by atoms with E-state index in [2.05, 4.69) is 5.32 Å². The van der Waals surface area contributed by atoms with Crippen LogP contribution in [0.25, 0.3) is 0 Å². The van der Waals surface area contributed by atoms with Crippen molar-refractivity contribution in [1.82, 2.24) is 9.21 Å². The molecule has 1 fully saturated rings. The number of hydrogen-bond donors (Lipinski definition) is 1. The predicted molar refractivity (Wildman–Crippen MR) is 108 cm³/mol. The standard InChI is InChI=1S/C20H24FN3O4S/c1-28-18-5-2-4-17(14-18)22-20(25)15-23-10-3-11-24(13-12-23)29(26,27)19-8-6-16(21)7-9-19/h2,4-9,14H,3,10-13,15H2,1H3,(H,22,25). The molecular weight excluding hydrogens is 397 g/mol. The quantitative estimate of drug-likeness (QED) is 0.774. The minimum absolute atomic E-state index is 0.0723. The van der Waals surface area contributed by atoms with Crippen molar-refractivity contribution >= 4 is 21.6 Å². The molecule has 1 aliphatic rings. The van der Waals surface area contributed by atoms with Crippen molar-refractivity contribution in [2.75, 3.05) is 45.2 Å². The third kappa shape index (κ3) is 5.53. The third-order valence-corrected chi connectivity index (χ3v) is 6.63. The number of sulfonamides is 1. The molecule has 7 nitrogen and oxygen atoms in total.